The maximum absolute atomic E-state index is 11.7. The van der Waals surface area contributed by atoms with Crippen LogP contribution in [0.5, 0.6) is 0 Å². The highest BCUT2D eigenvalue weighted by molar-refractivity contribution is 7.60. The fourth-order valence-corrected chi connectivity index (χ4v) is 3.12. The highest BCUT2D eigenvalue weighted by atomic mass is 31.2. The topological polar surface area (TPSA) is 131 Å². The number of imidazole rings is 1. The molecule has 110 valence electrons. The lowest BCUT2D eigenvalue weighted by molar-refractivity contribution is -0.185. The van der Waals surface area contributed by atoms with Crippen molar-refractivity contribution >= 4 is 26.3 Å². The Labute approximate surface area is 113 Å². The van der Waals surface area contributed by atoms with Gasteiger partial charge in [-0.3, -0.25) is 9.13 Å². The molecule has 11 heteroatoms. The molecule has 0 radical (unpaired) electrons. The molecule has 0 aliphatic rings. The van der Waals surface area contributed by atoms with E-state index in [1.165, 1.54) is 16.5 Å². The number of hydrogen-bond acceptors (Lipinski definition) is 5. The SMILES string of the molecule is COOP(=O)(O)Cc1cccc2nc(P(=O)(O)O)cn12. The van der Waals surface area contributed by atoms with Crippen molar-refractivity contribution in [1.82, 2.24) is 9.38 Å². The average molecular weight is 322 g/mol. The van der Waals surface area contributed by atoms with E-state index in [9.17, 15) is 14.0 Å². The lowest BCUT2D eigenvalue weighted by Crippen LogP contribution is -2.03. The van der Waals surface area contributed by atoms with Crippen molar-refractivity contribution in [2.75, 3.05) is 7.11 Å². The van der Waals surface area contributed by atoms with Crippen LogP contribution >= 0.6 is 15.2 Å². The summed E-state index contributed by atoms with van der Waals surface area (Å²) in [5.74, 6) is 0. The molecule has 0 spiro atoms. The van der Waals surface area contributed by atoms with Crippen LogP contribution in [-0.2, 0) is 24.9 Å². The minimum Gasteiger partial charge on any atom is -0.323 e. The van der Waals surface area contributed by atoms with E-state index in [2.05, 4.69) is 14.5 Å². The minimum absolute atomic E-state index is 0.248. The molecule has 2 rings (SSSR count). The van der Waals surface area contributed by atoms with Gasteiger partial charge < -0.3 is 19.1 Å². The molecule has 0 aliphatic carbocycles. The predicted octanol–water partition coefficient (Wildman–Crippen LogP) is 0.401. The maximum atomic E-state index is 11.7. The second-order valence-electron chi connectivity index (χ2n) is 3.93. The molecular formula is C9H12N2O7P2. The Balaban J connectivity index is 2.47. The Morgan fingerprint density at radius 2 is 2.00 bits per heavy atom. The third-order valence-corrected chi connectivity index (χ3v) is 4.33. The maximum Gasteiger partial charge on any atom is 0.376 e. The third-order valence-electron chi connectivity index (χ3n) is 2.42. The van der Waals surface area contributed by atoms with Crippen molar-refractivity contribution in [2.45, 2.75) is 6.16 Å². The Morgan fingerprint density at radius 1 is 1.30 bits per heavy atom. The van der Waals surface area contributed by atoms with Gasteiger partial charge in [0.25, 0.3) is 0 Å². The van der Waals surface area contributed by atoms with Gasteiger partial charge in [-0.15, -0.1) is 4.67 Å². The number of rotatable bonds is 5. The van der Waals surface area contributed by atoms with Gasteiger partial charge in [0.1, 0.15) is 5.65 Å². The number of hydrogen-bond donors (Lipinski definition) is 3. The zero-order valence-corrected chi connectivity index (χ0v) is 12.1. The number of pyridine rings is 1. The molecule has 1 unspecified atom stereocenters. The van der Waals surface area contributed by atoms with E-state index in [-0.39, 0.29) is 5.65 Å². The quantitative estimate of drug-likeness (QED) is 0.409. The molecule has 2 aromatic heterocycles. The Kier molecular flexibility index (Phi) is 4.13. The van der Waals surface area contributed by atoms with Crippen LogP contribution in [0.1, 0.15) is 5.69 Å². The van der Waals surface area contributed by atoms with Crippen molar-refractivity contribution in [2.24, 2.45) is 0 Å². The van der Waals surface area contributed by atoms with Crippen molar-refractivity contribution in [3.8, 4) is 0 Å². The van der Waals surface area contributed by atoms with Gasteiger partial charge >= 0.3 is 15.2 Å². The molecule has 0 aliphatic heterocycles. The summed E-state index contributed by atoms with van der Waals surface area (Å²) in [6.45, 7) is 0. The first-order valence-corrected chi connectivity index (χ1v) is 8.68. The second-order valence-corrected chi connectivity index (χ2v) is 7.21. The molecule has 0 saturated heterocycles. The standard InChI is InChI=1S/C9H12N2O7P2/c1-17-18-19(12,13)6-7-3-2-4-8-10-9(5-11(7)8)20(14,15)16/h2-5H,6H2,1H3,(H,12,13)(H2,14,15,16). The number of fused-ring (bicyclic) bond motifs is 1. The molecule has 0 fully saturated rings. The Bertz CT molecular complexity index is 722. The molecule has 0 aromatic carbocycles. The lowest BCUT2D eigenvalue weighted by Gasteiger charge is -2.10. The first kappa shape index (κ1) is 15.3. The molecule has 9 nitrogen and oxygen atoms in total. The van der Waals surface area contributed by atoms with Crippen LogP contribution in [0.2, 0.25) is 0 Å². The van der Waals surface area contributed by atoms with Gasteiger partial charge in [0.05, 0.1) is 13.3 Å². The van der Waals surface area contributed by atoms with E-state index in [0.717, 1.165) is 13.3 Å². The van der Waals surface area contributed by atoms with Gasteiger partial charge in [0.2, 0.25) is 0 Å². The van der Waals surface area contributed by atoms with Crippen molar-refractivity contribution < 1.29 is 33.4 Å². The van der Waals surface area contributed by atoms with Gasteiger partial charge in [0, 0.05) is 11.9 Å². The smallest absolute Gasteiger partial charge is 0.323 e. The molecular weight excluding hydrogens is 310 g/mol. The summed E-state index contributed by atoms with van der Waals surface area (Å²) in [7, 11) is -7.41. The van der Waals surface area contributed by atoms with Gasteiger partial charge in [-0.05, 0) is 12.1 Å². The van der Waals surface area contributed by atoms with E-state index < -0.39 is 26.8 Å². The fraction of sp³-hybridized carbons (Fsp3) is 0.222. The third kappa shape index (κ3) is 3.34. The summed E-state index contributed by atoms with van der Waals surface area (Å²) in [6.07, 6.45) is 0.730. The molecule has 2 aromatic rings. The average Bonchev–Trinajstić information content (AvgIpc) is 2.72. The van der Waals surface area contributed by atoms with Gasteiger partial charge in [-0.1, -0.05) is 6.07 Å². The van der Waals surface area contributed by atoms with Crippen LogP contribution in [0, 0.1) is 0 Å². The highest BCUT2D eigenvalue weighted by Gasteiger charge is 2.25. The largest absolute Gasteiger partial charge is 0.376 e. The summed E-state index contributed by atoms with van der Waals surface area (Å²) in [5, 5.41) is 0. The van der Waals surface area contributed by atoms with Crippen LogP contribution in [-0.4, -0.2) is 31.2 Å². The van der Waals surface area contributed by atoms with Crippen LogP contribution in [0.15, 0.2) is 24.4 Å². The predicted molar refractivity (Wildman–Crippen MR) is 68.5 cm³/mol. The number of nitrogens with zero attached hydrogens (tertiary/aromatic N) is 2. The Hall–Kier alpha value is -1.05. The zero-order valence-electron chi connectivity index (χ0n) is 10.3. The first-order valence-electron chi connectivity index (χ1n) is 5.30. The summed E-state index contributed by atoms with van der Waals surface area (Å²) in [6, 6.07) is 4.58. The monoisotopic (exact) mass is 322 g/mol. The molecule has 0 amide bonds. The fourth-order valence-electron chi connectivity index (χ4n) is 1.67. The molecule has 20 heavy (non-hydrogen) atoms. The van der Waals surface area contributed by atoms with E-state index in [1.54, 1.807) is 6.07 Å². The highest BCUT2D eigenvalue weighted by Crippen LogP contribution is 2.45. The van der Waals surface area contributed by atoms with Crippen molar-refractivity contribution in [3.63, 3.8) is 0 Å². The molecule has 3 N–H and O–H groups in total. The molecule has 0 bridgehead atoms. The summed E-state index contributed by atoms with van der Waals surface area (Å²) in [5.41, 5.74) is 0.140. The minimum atomic E-state index is -4.49. The van der Waals surface area contributed by atoms with E-state index >= 15 is 0 Å². The van der Waals surface area contributed by atoms with Crippen LogP contribution < -0.4 is 5.44 Å². The van der Waals surface area contributed by atoms with Crippen LogP contribution in [0.4, 0.5) is 0 Å². The summed E-state index contributed by atoms with van der Waals surface area (Å²) >= 11 is 0. The number of aromatic nitrogens is 2. The normalized spacial score (nSPS) is 15.4. The van der Waals surface area contributed by atoms with Crippen LogP contribution in [0.25, 0.3) is 5.65 Å². The van der Waals surface area contributed by atoms with Gasteiger partial charge in [0.15, 0.2) is 5.44 Å². The zero-order chi connectivity index (χ0) is 15.0. The summed E-state index contributed by atoms with van der Waals surface area (Å²) < 4.78 is 28.4. The molecule has 0 saturated carbocycles. The Morgan fingerprint density at radius 3 is 2.60 bits per heavy atom. The van der Waals surface area contributed by atoms with Gasteiger partial charge in [-0.2, -0.15) is 0 Å². The van der Waals surface area contributed by atoms with Gasteiger partial charge in [-0.25, -0.2) is 9.87 Å². The van der Waals surface area contributed by atoms with E-state index in [4.69, 9.17) is 9.79 Å². The lowest BCUT2D eigenvalue weighted by atomic mass is 10.4. The molecule has 2 heterocycles. The van der Waals surface area contributed by atoms with Crippen molar-refractivity contribution in [3.05, 3.63) is 30.1 Å². The first-order chi connectivity index (χ1) is 9.23. The van der Waals surface area contributed by atoms with Crippen molar-refractivity contribution in [1.29, 1.82) is 0 Å². The summed E-state index contributed by atoms with van der Waals surface area (Å²) in [4.78, 5) is 35.6. The second kappa shape index (κ2) is 5.38. The molecule has 1 atom stereocenters. The van der Waals surface area contributed by atoms with Crippen LogP contribution in [0.3, 0.4) is 0 Å². The van der Waals surface area contributed by atoms with E-state index in [0.29, 0.717) is 5.69 Å². The van der Waals surface area contributed by atoms with E-state index in [1.807, 2.05) is 0 Å².